The van der Waals surface area contributed by atoms with Crippen molar-refractivity contribution < 1.29 is 4.74 Å². The van der Waals surface area contributed by atoms with E-state index in [1.54, 1.807) is 7.11 Å². The molecule has 5 heteroatoms. The summed E-state index contributed by atoms with van der Waals surface area (Å²) in [7, 11) is 1.72. The van der Waals surface area contributed by atoms with Crippen LogP contribution in [0.15, 0.2) is 24.7 Å². The number of hydrogen-bond donors (Lipinski definition) is 1. The molecule has 0 saturated carbocycles. The predicted octanol–water partition coefficient (Wildman–Crippen LogP) is 2.39. The molecule has 2 aromatic rings. The molecule has 2 heterocycles. The summed E-state index contributed by atoms with van der Waals surface area (Å²) in [6, 6.07) is 2.03. The molecule has 0 saturated heterocycles. The number of aryl methyl sites for hydroxylation is 2. The van der Waals surface area contributed by atoms with Gasteiger partial charge in [-0.25, -0.2) is 4.98 Å². The highest BCUT2D eigenvalue weighted by Crippen LogP contribution is 2.14. The Hall–Kier alpha value is -1.88. The summed E-state index contributed by atoms with van der Waals surface area (Å²) in [6.07, 6.45) is 6.76. The van der Waals surface area contributed by atoms with Crippen molar-refractivity contribution in [3.8, 4) is 0 Å². The maximum absolute atomic E-state index is 5.05. The monoisotopic (exact) mass is 274 g/mol. The number of ether oxygens (including phenoxy) is 1. The number of aromatic nitrogens is 3. The Morgan fingerprint density at radius 1 is 1.35 bits per heavy atom. The molecular formula is C15H22N4O. The first kappa shape index (κ1) is 14.5. The average Bonchev–Trinajstić information content (AvgIpc) is 2.78. The molecule has 0 bridgehead atoms. The van der Waals surface area contributed by atoms with Crippen LogP contribution in [0.3, 0.4) is 0 Å². The average molecular weight is 274 g/mol. The van der Waals surface area contributed by atoms with Gasteiger partial charge in [0.15, 0.2) is 0 Å². The van der Waals surface area contributed by atoms with Gasteiger partial charge in [0.1, 0.15) is 0 Å². The summed E-state index contributed by atoms with van der Waals surface area (Å²) in [4.78, 5) is 8.72. The number of anilines is 1. The summed E-state index contributed by atoms with van der Waals surface area (Å²) >= 11 is 0. The largest absolute Gasteiger partial charge is 0.385 e. The second-order valence-corrected chi connectivity index (χ2v) is 4.91. The van der Waals surface area contributed by atoms with E-state index in [1.165, 1.54) is 11.1 Å². The van der Waals surface area contributed by atoms with Gasteiger partial charge in [-0.2, -0.15) is 0 Å². The minimum Gasteiger partial charge on any atom is -0.385 e. The first-order chi connectivity index (χ1) is 9.70. The van der Waals surface area contributed by atoms with Crippen LogP contribution in [-0.4, -0.2) is 34.8 Å². The Balaban J connectivity index is 2.06. The molecular weight excluding hydrogens is 252 g/mol. The topological polar surface area (TPSA) is 52.0 Å². The lowest BCUT2D eigenvalue weighted by molar-refractivity contribution is 0.197. The minimum absolute atomic E-state index is 0.758. The first-order valence-corrected chi connectivity index (χ1v) is 6.87. The molecule has 108 valence electrons. The molecule has 0 aliphatic heterocycles. The maximum atomic E-state index is 5.05. The summed E-state index contributed by atoms with van der Waals surface area (Å²) in [5.74, 6) is 0.904. The Bertz CT molecular complexity index is 551. The molecule has 1 N–H and O–H groups in total. The van der Waals surface area contributed by atoms with Crippen LogP contribution in [0, 0.1) is 13.8 Å². The molecule has 0 amide bonds. The SMILES string of the molecule is COCCCNc1nc(C)cn1Cc1cnccc1C. The zero-order chi connectivity index (χ0) is 14.4. The fourth-order valence-corrected chi connectivity index (χ4v) is 2.07. The zero-order valence-corrected chi connectivity index (χ0v) is 12.4. The van der Waals surface area contributed by atoms with Crippen LogP contribution >= 0.6 is 0 Å². The molecule has 0 atom stereocenters. The van der Waals surface area contributed by atoms with Gasteiger partial charge in [0.05, 0.1) is 12.2 Å². The number of pyridine rings is 1. The molecule has 2 aromatic heterocycles. The van der Waals surface area contributed by atoms with Crippen LogP contribution in [-0.2, 0) is 11.3 Å². The molecule has 5 nitrogen and oxygen atoms in total. The zero-order valence-electron chi connectivity index (χ0n) is 12.4. The third-order valence-electron chi connectivity index (χ3n) is 3.19. The van der Waals surface area contributed by atoms with E-state index in [9.17, 15) is 0 Å². The van der Waals surface area contributed by atoms with Gasteiger partial charge in [0, 0.05) is 38.9 Å². The number of hydrogen-bond acceptors (Lipinski definition) is 4. The normalized spacial score (nSPS) is 10.8. The highest BCUT2D eigenvalue weighted by atomic mass is 16.5. The van der Waals surface area contributed by atoms with Gasteiger partial charge in [-0.3, -0.25) is 4.98 Å². The lowest BCUT2D eigenvalue weighted by atomic mass is 10.1. The molecule has 20 heavy (non-hydrogen) atoms. The van der Waals surface area contributed by atoms with E-state index in [0.717, 1.165) is 37.8 Å². The van der Waals surface area contributed by atoms with Gasteiger partial charge in [-0.1, -0.05) is 0 Å². The van der Waals surface area contributed by atoms with Gasteiger partial charge < -0.3 is 14.6 Å². The van der Waals surface area contributed by atoms with Crippen molar-refractivity contribution in [2.75, 3.05) is 25.6 Å². The summed E-state index contributed by atoms with van der Waals surface area (Å²) in [5.41, 5.74) is 3.47. The van der Waals surface area contributed by atoms with Crippen LogP contribution < -0.4 is 5.32 Å². The molecule has 0 aromatic carbocycles. The number of rotatable bonds is 7. The van der Waals surface area contributed by atoms with E-state index in [2.05, 4.69) is 33.0 Å². The molecule has 0 fully saturated rings. The minimum atomic E-state index is 0.758. The van der Waals surface area contributed by atoms with Gasteiger partial charge in [0.2, 0.25) is 5.95 Å². The van der Waals surface area contributed by atoms with Crippen LogP contribution in [0.25, 0.3) is 0 Å². The van der Waals surface area contributed by atoms with Crippen LogP contribution in [0.2, 0.25) is 0 Å². The molecule has 2 rings (SSSR count). The van der Waals surface area contributed by atoms with Gasteiger partial charge in [0.25, 0.3) is 0 Å². The van der Waals surface area contributed by atoms with Gasteiger partial charge in [-0.15, -0.1) is 0 Å². The molecule has 0 aliphatic rings. The fourth-order valence-electron chi connectivity index (χ4n) is 2.07. The van der Waals surface area contributed by atoms with Crippen molar-refractivity contribution in [3.63, 3.8) is 0 Å². The number of imidazole rings is 1. The van der Waals surface area contributed by atoms with E-state index in [-0.39, 0.29) is 0 Å². The smallest absolute Gasteiger partial charge is 0.203 e. The summed E-state index contributed by atoms with van der Waals surface area (Å²) < 4.78 is 7.18. The molecule has 0 radical (unpaired) electrons. The van der Waals surface area contributed by atoms with Gasteiger partial charge >= 0.3 is 0 Å². The lowest BCUT2D eigenvalue weighted by Crippen LogP contribution is -2.11. The van der Waals surface area contributed by atoms with Crippen molar-refractivity contribution in [1.29, 1.82) is 0 Å². The third kappa shape index (κ3) is 3.81. The van der Waals surface area contributed by atoms with E-state index >= 15 is 0 Å². The lowest BCUT2D eigenvalue weighted by Gasteiger charge is -2.11. The molecule has 0 unspecified atom stereocenters. The van der Waals surface area contributed by atoms with E-state index in [1.807, 2.05) is 25.4 Å². The Labute approximate surface area is 120 Å². The molecule has 0 aliphatic carbocycles. The molecule has 0 spiro atoms. The second kappa shape index (κ2) is 7.05. The van der Waals surface area contributed by atoms with Crippen molar-refractivity contribution in [3.05, 3.63) is 41.5 Å². The maximum Gasteiger partial charge on any atom is 0.203 e. The van der Waals surface area contributed by atoms with Crippen molar-refractivity contribution in [1.82, 2.24) is 14.5 Å². The van der Waals surface area contributed by atoms with Crippen LogP contribution in [0.1, 0.15) is 23.2 Å². The summed E-state index contributed by atoms with van der Waals surface area (Å²) in [5, 5.41) is 3.36. The van der Waals surface area contributed by atoms with Crippen molar-refractivity contribution in [2.24, 2.45) is 0 Å². The van der Waals surface area contributed by atoms with Crippen LogP contribution in [0.4, 0.5) is 5.95 Å². The van der Waals surface area contributed by atoms with Gasteiger partial charge in [-0.05, 0) is 37.5 Å². The number of nitrogens with zero attached hydrogens (tertiary/aromatic N) is 3. The van der Waals surface area contributed by atoms with E-state index in [4.69, 9.17) is 4.74 Å². The summed E-state index contributed by atoms with van der Waals surface area (Å²) in [6.45, 7) is 6.51. The third-order valence-corrected chi connectivity index (χ3v) is 3.19. The van der Waals surface area contributed by atoms with Crippen LogP contribution in [0.5, 0.6) is 0 Å². The Morgan fingerprint density at radius 2 is 2.20 bits per heavy atom. The first-order valence-electron chi connectivity index (χ1n) is 6.87. The van der Waals surface area contributed by atoms with E-state index in [0.29, 0.717) is 0 Å². The second-order valence-electron chi connectivity index (χ2n) is 4.91. The van der Waals surface area contributed by atoms with E-state index < -0.39 is 0 Å². The Kier molecular flexibility index (Phi) is 5.12. The highest BCUT2D eigenvalue weighted by Gasteiger charge is 2.07. The standard InChI is InChI=1S/C15H22N4O/c1-12-5-7-16-9-14(12)11-19-10-13(2)18-15(19)17-6-4-8-20-3/h5,7,9-10H,4,6,8,11H2,1-3H3,(H,17,18). The van der Waals surface area contributed by atoms with Crippen molar-refractivity contribution in [2.45, 2.75) is 26.8 Å². The fraction of sp³-hybridized carbons (Fsp3) is 0.467. The van der Waals surface area contributed by atoms with Crippen molar-refractivity contribution >= 4 is 5.95 Å². The Morgan fingerprint density at radius 3 is 2.95 bits per heavy atom. The number of methoxy groups -OCH3 is 1. The highest BCUT2D eigenvalue weighted by molar-refractivity contribution is 5.31. The number of nitrogens with one attached hydrogen (secondary N) is 1. The quantitative estimate of drug-likeness (QED) is 0.788. The predicted molar refractivity (Wildman–Crippen MR) is 80.0 cm³/mol.